The maximum atomic E-state index is 6.04. The molecule has 5 nitrogen and oxygen atoms in total. The van der Waals surface area contributed by atoms with E-state index in [2.05, 4.69) is 43.1 Å². The molecule has 0 aliphatic carbocycles. The van der Waals surface area contributed by atoms with Crippen LogP contribution in [0.15, 0.2) is 24.3 Å². The van der Waals surface area contributed by atoms with Crippen LogP contribution in [0.25, 0.3) is 10.2 Å². The Balaban J connectivity index is 1.67. The van der Waals surface area contributed by atoms with Crippen LogP contribution >= 0.6 is 22.9 Å². The third kappa shape index (κ3) is 4.15. The van der Waals surface area contributed by atoms with Crippen molar-refractivity contribution in [2.45, 2.75) is 33.4 Å². The Morgan fingerprint density at radius 2 is 1.89 bits per heavy atom. The van der Waals surface area contributed by atoms with E-state index >= 15 is 0 Å². The van der Waals surface area contributed by atoms with E-state index in [0.717, 1.165) is 59.7 Å². The molecule has 1 atom stereocenters. The van der Waals surface area contributed by atoms with Crippen LogP contribution in [0.5, 0.6) is 0 Å². The molecule has 1 aromatic carbocycles. The molecule has 3 heterocycles. The zero-order valence-electron chi connectivity index (χ0n) is 16.5. The van der Waals surface area contributed by atoms with E-state index in [4.69, 9.17) is 26.3 Å². The Bertz CT molecular complexity index is 967. The summed E-state index contributed by atoms with van der Waals surface area (Å²) in [5.41, 5.74) is 2.43. The fourth-order valence-electron chi connectivity index (χ4n) is 3.47. The molecule has 1 saturated heterocycles. The van der Waals surface area contributed by atoms with E-state index in [9.17, 15) is 0 Å². The van der Waals surface area contributed by atoms with E-state index in [0.29, 0.717) is 0 Å². The molecule has 0 bridgehead atoms. The number of morpholine rings is 1. The number of halogens is 1. The zero-order chi connectivity index (χ0) is 19.7. The Hall–Kier alpha value is -1.73. The van der Waals surface area contributed by atoms with Crippen LogP contribution in [0.4, 0.5) is 5.82 Å². The topological polar surface area (TPSA) is 50.3 Å². The number of nitrogens with zero attached hydrogens (tertiary/aromatic N) is 3. The first kappa shape index (κ1) is 19.6. The predicted molar refractivity (Wildman–Crippen MR) is 116 cm³/mol. The Morgan fingerprint density at radius 1 is 1.18 bits per heavy atom. The molecule has 1 N–H and O–H groups in total. The lowest BCUT2D eigenvalue weighted by Crippen LogP contribution is -2.36. The van der Waals surface area contributed by atoms with Crippen molar-refractivity contribution in [3.8, 4) is 0 Å². The number of aryl methyl sites for hydroxylation is 2. The first-order valence-electron chi connectivity index (χ1n) is 9.60. The standard InChI is InChI=1S/C21H25ClN4OS/c1-13-15(3)28-21-19(13)20(23-14(2)16-4-6-17(22)7-5-16)24-18(25-21)12-26-8-10-27-11-9-26/h4-7,14H,8-12H2,1-3H3,(H,23,24,25). The van der Waals surface area contributed by atoms with E-state index in [-0.39, 0.29) is 6.04 Å². The number of fused-ring (bicyclic) bond motifs is 1. The number of aromatic nitrogens is 2. The highest BCUT2D eigenvalue weighted by Gasteiger charge is 2.19. The number of hydrogen-bond acceptors (Lipinski definition) is 6. The number of thiophene rings is 1. The molecular formula is C21H25ClN4OS. The molecule has 0 radical (unpaired) electrons. The number of nitrogens with one attached hydrogen (secondary N) is 1. The summed E-state index contributed by atoms with van der Waals surface area (Å²) < 4.78 is 5.46. The molecule has 28 heavy (non-hydrogen) atoms. The summed E-state index contributed by atoms with van der Waals surface area (Å²) in [6, 6.07) is 8.08. The number of rotatable bonds is 5. The van der Waals surface area contributed by atoms with Crippen LogP contribution in [0.2, 0.25) is 5.02 Å². The summed E-state index contributed by atoms with van der Waals surface area (Å²) in [6.07, 6.45) is 0. The van der Waals surface area contributed by atoms with Gasteiger partial charge in [0.05, 0.1) is 25.1 Å². The quantitative estimate of drug-likeness (QED) is 0.636. The molecule has 4 rings (SSSR count). The second-order valence-corrected chi connectivity index (χ2v) is 8.90. The molecule has 148 valence electrons. The van der Waals surface area contributed by atoms with Gasteiger partial charge >= 0.3 is 0 Å². The fraction of sp³-hybridized carbons (Fsp3) is 0.429. The Labute approximate surface area is 174 Å². The molecule has 1 aliphatic rings. The average molecular weight is 417 g/mol. The van der Waals surface area contributed by atoms with E-state index in [1.807, 2.05) is 12.1 Å². The van der Waals surface area contributed by atoms with Crippen LogP contribution in [0, 0.1) is 13.8 Å². The minimum absolute atomic E-state index is 0.117. The van der Waals surface area contributed by atoms with Crippen molar-refractivity contribution in [1.29, 1.82) is 0 Å². The van der Waals surface area contributed by atoms with Crippen LogP contribution in [0.1, 0.15) is 34.8 Å². The minimum atomic E-state index is 0.117. The van der Waals surface area contributed by atoms with Crippen LogP contribution in [0.3, 0.4) is 0 Å². The van der Waals surface area contributed by atoms with Crippen molar-refractivity contribution < 1.29 is 4.74 Å². The van der Waals surface area contributed by atoms with Crippen molar-refractivity contribution in [3.05, 3.63) is 51.1 Å². The number of benzene rings is 1. The smallest absolute Gasteiger partial charge is 0.146 e. The SMILES string of the molecule is Cc1sc2nc(CN3CCOCC3)nc(NC(C)c3ccc(Cl)cc3)c2c1C. The molecule has 0 spiro atoms. The van der Waals surface area contributed by atoms with Gasteiger partial charge < -0.3 is 10.1 Å². The fourth-order valence-corrected chi connectivity index (χ4v) is 4.64. The summed E-state index contributed by atoms with van der Waals surface area (Å²) in [4.78, 5) is 14.5. The summed E-state index contributed by atoms with van der Waals surface area (Å²) in [7, 11) is 0. The first-order chi connectivity index (χ1) is 13.5. The average Bonchev–Trinajstić information content (AvgIpc) is 2.97. The van der Waals surface area contributed by atoms with Gasteiger partial charge in [0, 0.05) is 29.0 Å². The number of hydrogen-bond donors (Lipinski definition) is 1. The zero-order valence-corrected chi connectivity index (χ0v) is 18.0. The minimum Gasteiger partial charge on any atom is -0.379 e. The van der Waals surface area contributed by atoms with Crippen LogP contribution < -0.4 is 5.32 Å². The van der Waals surface area contributed by atoms with Gasteiger partial charge in [-0.05, 0) is 44.0 Å². The van der Waals surface area contributed by atoms with Crippen LogP contribution in [-0.4, -0.2) is 41.2 Å². The highest BCUT2D eigenvalue weighted by molar-refractivity contribution is 7.18. The van der Waals surface area contributed by atoms with Crippen molar-refractivity contribution in [3.63, 3.8) is 0 Å². The second kappa shape index (κ2) is 8.33. The molecule has 0 amide bonds. The van der Waals surface area contributed by atoms with E-state index in [1.165, 1.54) is 16.0 Å². The third-order valence-electron chi connectivity index (χ3n) is 5.27. The van der Waals surface area contributed by atoms with Gasteiger partial charge in [-0.2, -0.15) is 0 Å². The molecule has 1 unspecified atom stereocenters. The lowest BCUT2D eigenvalue weighted by atomic mass is 10.1. The monoisotopic (exact) mass is 416 g/mol. The Morgan fingerprint density at radius 3 is 2.61 bits per heavy atom. The summed E-state index contributed by atoms with van der Waals surface area (Å²) in [5.74, 6) is 1.78. The van der Waals surface area contributed by atoms with Gasteiger partial charge in [0.25, 0.3) is 0 Å². The number of anilines is 1. The van der Waals surface area contributed by atoms with Gasteiger partial charge in [-0.25, -0.2) is 9.97 Å². The lowest BCUT2D eigenvalue weighted by molar-refractivity contribution is 0.0331. The van der Waals surface area contributed by atoms with Crippen molar-refractivity contribution in [2.24, 2.45) is 0 Å². The largest absolute Gasteiger partial charge is 0.379 e. The van der Waals surface area contributed by atoms with Crippen molar-refractivity contribution in [1.82, 2.24) is 14.9 Å². The molecular weight excluding hydrogens is 392 g/mol. The van der Waals surface area contributed by atoms with Gasteiger partial charge in [-0.1, -0.05) is 23.7 Å². The highest BCUT2D eigenvalue weighted by atomic mass is 35.5. The first-order valence-corrected chi connectivity index (χ1v) is 10.8. The van der Waals surface area contributed by atoms with Gasteiger partial charge in [0.2, 0.25) is 0 Å². The normalized spacial score (nSPS) is 16.4. The molecule has 2 aromatic heterocycles. The maximum absolute atomic E-state index is 6.04. The predicted octanol–water partition coefficient (Wildman–Crippen LogP) is 4.97. The molecule has 1 aliphatic heterocycles. The third-order valence-corrected chi connectivity index (χ3v) is 6.62. The van der Waals surface area contributed by atoms with E-state index in [1.54, 1.807) is 11.3 Å². The summed E-state index contributed by atoms with van der Waals surface area (Å²) in [6.45, 7) is 10.6. The molecule has 1 fully saturated rings. The van der Waals surface area contributed by atoms with Crippen molar-refractivity contribution in [2.75, 3.05) is 31.6 Å². The van der Waals surface area contributed by atoms with Gasteiger partial charge in [-0.3, -0.25) is 4.90 Å². The van der Waals surface area contributed by atoms with Gasteiger partial charge in [0.1, 0.15) is 16.5 Å². The molecule has 7 heteroatoms. The van der Waals surface area contributed by atoms with E-state index < -0.39 is 0 Å². The highest BCUT2D eigenvalue weighted by Crippen LogP contribution is 2.35. The Kier molecular flexibility index (Phi) is 5.83. The summed E-state index contributed by atoms with van der Waals surface area (Å²) in [5, 5.41) is 5.50. The molecule has 0 saturated carbocycles. The number of ether oxygens (including phenoxy) is 1. The lowest BCUT2D eigenvalue weighted by Gasteiger charge is -2.26. The summed E-state index contributed by atoms with van der Waals surface area (Å²) >= 11 is 7.78. The second-order valence-electron chi connectivity index (χ2n) is 7.26. The molecule has 3 aromatic rings. The van der Waals surface area contributed by atoms with Gasteiger partial charge in [-0.15, -0.1) is 11.3 Å². The van der Waals surface area contributed by atoms with Crippen molar-refractivity contribution >= 4 is 39.0 Å². The maximum Gasteiger partial charge on any atom is 0.146 e. The van der Waals surface area contributed by atoms with Gasteiger partial charge in [0.15, 0.2) is 0 Å². The van der Waals surface area contributed by atoms with Crippen LogP contribution in [-0.2, 0) is 11.3 Å².